The van der Waals surface area contributed by atoms with Crippen LogP contribution in [0.2, 0.25) is 0 Å². The lowest BCUT2D eigenvalue weighted by molar-refractivity contribution is 0.461. The third-order valence-electron chi connectivity index (χ3n) is 2.58. The molecule has 0 bridgehead atoms. The van der Waals surface area contributed by atoms with Crippen LogP contribution in [0.25, 0.3) is 0 Å². The summed E-state index contributed by atoms with van der Waals surface area (Å²) in [6, 6.07) is 2.17. The smallest absolute Gasteiger partial charge is 0.0596 e. The highest BCUT2D eigenvalue weighted by Gasteiger charge is 2.21. The molecule has 1 rings (SSSR count). The first-order valence-corrected chi connectivity index (χ1v) is 4.48. The average Bonchev–Trinajstić information content (AvgIpc) is 2.31. The van der Waals surface area contributed by atoms with Gasteiger partial charge in [-0.1, -0.05) is 20.8 Å². The molecule has 1 aromatic rings. The van der Waals surface area contributed by atoms with Crippen molar-refractivity contribution < 1.29 is 0 Å². The lowest BCUT2D eigenvalue weighted by Crippen LogP contribution is -2.19. The Labute approximate surface area is 74.6 Å². The molecule has 0 radical (unpaired) electrons. The SMILES string of the molecule is CCC(C)(C)c1cc(C)nn1C. The Bertz CT molecular complexity index is 271. The fourth-order valence-electron chi connectivity index (χ4n) is 1.43. The number of aryl methyl sites for hydroxylation is 2. The van der Waals surface area contributed by atoms with Crippen molar-refractivity contribution in [1.29, 1.82) is 0 Å². The van der Waals surface area contributed by atoms with Crippen LogP contribution in [0, 0.1) is 6.92 Å². The second kappa shape index (κ2) is 2.92. The Morgan fingerprint density at radius 3 is 2.42 bits per heavy atom. The highest BCUT2D eigenvalue weighted by atomic mass is 15.3. The quantitative estimate of drug-likeness (QED) is 0.659. The molecule has 0 aliphatic heterocycles. The summed E-state index contributed by atoms with van der Waals surface area (Å²) in [7, 11) is 2.01. The van der Waals surface area contributed by atoms with Gasteiger partial charge in [0.1, 0.15) is 0 Å². The highest BCUT2D eigenvalue weighted by molar-refractivity contribution is 5.17. The van der Waals surface area contributed by atoms with Gasteiger partial charge >= 0.3 is 0 Å². The highest BCUT2D eigenvalue weighted by Crippen LogP contribution is 2.26. The molecule has 0 aliphatic carbocycles. The third kappa shape index (κ3) is 1.52. The fraction of sp³-hybridized carbons (Fsp3) is 0.700. The van der Waals surface area contributed by atoms with Gasteiger partial charge in [0, 0.05) is 18.2 Å². The van der Waals surface area contributed by atoms with Gasteiger partial charge in [-0.05, 0) is 19.4 Å². The molecule has 0 aromatic carbocycles. The first-order chi connectivity index (χ1) is 5.47. The van der Waals surface area contributed by atoms with Gasteiger partial charge in [-0.15, -0.1) is 0 Å². The van der Waals surface area contributed by atoms with E-state index in [1.165, 1.54) is 5.69 Å². The Kier molecular flexibility index (Phi) is 2.27. The number of aromatic nitrogens is 2. The third-order valence-corrected chi connectivity index (χ3v) is 2.58. The summed E-state index contributed by atoms with van der Waals surface area (Å²) in [5.74, 6) is 0. The molecule has 0 amide bonds. The van der Waals surface area contributed by atoms with Crippen LogP contribution in [-0.4, -0.2) is 9.78 Å². The summed E-state index contributed by atoms with van der Waals surface area (Å²) in [6.45, 7) is 8.75. The summed E-state index contributed by atoms with van der Waals surface area (Å²) in [5.41, 5.74) is 2.67. The lowest BCUT2D eigenvalue weighted by Gasteiger charge is -2.22. The maximum atomic E-state index is 4.34. The molecule has 2 nitrogen and oxygen atoms in total. The molecule has 68 valence electrons. The first-order valence-electron chi connectivity index (χ1n) is 4.48. The predicted octanol–water partition coefficient (Wildman–Crippen LogP) is 2.42. The second-order valence-corrected chi connectivity index (χ2v) is 4.03. The maximum Gasteiger partial charge on any atom is 0.0596 e. The number of nitrogens with zero attached hydrogens (tertiary/aromatic N) is 2. The van der Waals surface area contributed by atoms with Crippen LogP contribution in [0.1, 0.15) is 38.6 Å². The van der Waals surface area contributed by atoms with Crippen molar-refractivity contribution in [3.63, 3.8) is 0 Å². The van der Waals surface area contributed by atoms with Crippen molar-refractivity contribution >= 4 is 0 Å². The predicted molar refractivity (Wildman–Crippen MR) is 51.3 cm³/mol. The largest absolute Gasteiger partial charge is 0.272 e. The lowest BCUT2D eigenvalue weighted by atomic mass is 9.86. The van der Waals surface area contributed by atoms with Crippen LogP contribution < -0.4 is 0 Å². The van der Waals surface area contributed by atoms with Crippen molar-refractivity contribution in [1.82, 2.24) is 9.78 Å². The van der Waals surface area contributed by atoms with Gasteiger partial charge in [-0.3, -0.25) is 4.68 Å². The van der Waals surface area contributed by atoms with E-state index in [0.29, 0.717) is 0 Å². The second-order valence-electron chi connectivity index (χ2n) is 4.03. The summed E-state index contributed by atoms with van der Waals surface area (Å²) < 4.78 is 1.98. The topological polar surface area (TPSA) is 17.8 Å². The summed E-state index contributed by atoms with van der Waals surface area (Å²) in [6.07, 6.45) is 1.14. The van der Waals surface area contributed by atoms with E-state index in [-0.39, 0.29) is 5.41 Å². The molecular weight excluding hydrogens is 148 g/mol. The van der Waals surface area contributed by atoms with Gasteiger partial charge in [0.15, 0.2) is 0 Å². The molecule has 1 aromatic heterocycles. The first kappa shape index (κ1) is 9.30. The minimum atomic E-state index is 0.246. The minimum absolute atomic E-state index is 0.246. The summed E-state index contributed by atoms with van der Waals surface area (Å²) in [5, 5.41) is 4.34. The number of hydrogen-bond acceptors (Lipinski definition) is 1. The molecule has 0 unspecified atom stereocenters. The minimum Gasteiger partial charge on any atom is -0.272 e. The van der Waals surface area contributed by atoms with E-state index in [1.54, 1.807) is 0 Å². The van der Waals surface area contributed by atoms with Crippen molar-refractivity contribution in [3.8, 4) is 0 Å². The van der Waals surface area contributed by atoms with Crippen LogP contribution in [-0.2, 0) is 12.5 Å². The Morgan fingerprint density at radius 2 is 2.08 bits per heavy atom. The Morgan fingerprint density at radius 1 is 1.50 bits per heavy atom. The van der Waals surface area contributed by atoms with Gasteiger partial charge in [0.25, 0.3) is 0 Å². The normalized spacial score (nSPS) is 12.1. The van der Waals surface area contributed by atoms with Crippen molar-refractivity contribution in [3.05, 3.63) is 17.5 Å². The van der Waals surface area contributed by atoms with Gasteiger partial charge < -0.3 is 0 Å². The van der Waals surface area contributed by atoms with Crippen molar-refractivity contribution in [2.75, 3.05) is 0 Å². The van der Waals surface area contributed by atoms with Crippen LogP contribution in [0.5, 0.6) is 0 Å². The number of rotatable bonds is 2. The van der Waals surface area contributed by atoms with Gasteiger partial charge in [0.05, 0.1) is 5.69 Å². The number of hydrogen-bond donors (Lipinski definition) is 0. The molecule has 1 heterocycles. The molecule has 2 heteroatoms. The molecule has 0 saturated heterocycles. The fourth-order valence-corrected chi connectivity index (χ4v) is 1.43. The molecule has 0 N–H and O–H groups in total. The van der Waals surface area contributed by atoms with Crippen LogP contribution >= 0.6 is 0 Å². The monoisotopic (exact) mass is 166 g/mol. The maximum absolute atomic E-state index is 4.34. The van der Waals surface area contributed by atoms with Crippen molar-refractivity contribution in [2.24, 2.45) is 7.05 Å². The van der Waals surface area contributed by atoms with E-state index < -0.39 is 0 Å². The van der Waals surface area contributed by atoms with E-state index in [0.717, 1.165) is 12.1 Å². The standard InChI is InChI=1S/C10H18N2/c1-6-10(3,4)9-7-8(2)11-12(9)5/h7H,6H2,1-5H3. The van der Waals surface area contributed by atoms with E-state index in [4.69, 9.17) is 0 Å². The molecule has 0 atom stereocenters. The zero-order valence-corrected chi connectivity index (χ0v) is 8.68. The van der Waals surface area contributed by atoms with E-state index >= 15 is 0 Å². The molecular formula is C10H18N2. The molecule has 0 spiro atoms. The van der Waals surface area contributed by atoms with Crippen LogP contribution in [0.3, 0.4) is 0 Å². The van der Waals surface area contributed by atoms with Gasteiger partial charge in [0.2, 0.25) is 0 Å². The van der Waals surface area contributed by atoms with E-state index in [2.05, 4.69) is 31.9 Å². The van der Waals surface area contributed by atoms with Crippen molar-refractivity contribution in [2.45, 2.75) is 39.5 Å². The zero-order chi connectivity index (χ0) is 9.35. The zero-order valence-electron chi connectivity index (χ0n) is 8.68. The van der Waals surface area contributed by atoms with Crippen LogP contribution in [0.15, 0.2) is 6.07 Å². The van der Waals surface area contributed by atoms with E-state index in [1.807, 2.05) is 18.7 Å². The van der Waals surface area contributed by atoms with E-state index in [9.17, 15) is 0 Å². The summed E-state index contributed by atoms with van der Waals surface area (Å²) >= 11 is 0. The molecule has 12 heavy (non-hydrogen) atoms. The molecule has 0 aliphatic rings. The molecule has 0 saturated carbocycles. The summed E-state index contributed by atoms with van der Waals surface area (Å²) in [4.78, 5) is 0. The van der Waals surface area contributed by atoms with Gasteiger partial charge in [-0.25, -0.2) is 0 Å². The Hall–Kier alpha value is -0.790. The Balaban J connectivity index is 3.09. The molecule has 0 fully saturated rings. The van der Waals surface area contributed by atoms with Crippen LogP contribution in [0.4, 0.5) is 0 Å². The average molecular weight is 166 g/mol. The van der Waals surface area contributed by atoms with Gasteiger partial charge in [-0.2, -0.15) is 5.10 Å².